The second-order valence-electron chi connectivity index (χ2n) is 4.37. The quantitative estimate of drug-likeness (QED) is 0.845. The van der Waals surface area contributed by atoms with Crippen molar-refractivity contribution < 1.29 is 4.79 Å². The van der Waals surface area contributed by atoms with E-state index in [0.717, 1.165) is 22.9 Å². The minimum Gasteiger partial charge on any atom is -0.352 e. The fourth-order valence-electron chi connectivity index (χ4n) is 2.17. The van der Waals surface area contributed by atoms with E-state index in [1.165, 1.54) is 12.8 Å². The Morgan fingerprint density at radius 1 is 1.35 bits per heavy atom. The molecule has 0 radical (unpaired) electrons. The van der Waals surface area contributed by atoms with Gasteiger partial charge in [-0.15, -0.1) is 11.6 Å². The highest BCUT2D eigenvalue weighted by molar-refractivity contribution is 9.10. The molecule has 1 unspecified atom stereocenters. The summed E-state index contributed by atoms with van der Waals surface area (Å²) in [7, 11) is 0. The first kappa shape index (κ1) is 12.9. The lowest BCUT2D eigenvalue weighted by atomic mass is 10.1. The smallest absolute Gasteiger partial charge is 0.242 e. The van der Waals surface area contributed by atoms with Crippen LogP contribution < -0.4 is 5.32 Å². The standard InChI is InChI=1S/C13H15BrClNO/c14-11-8-4-3-7-10(11)12(15)13(17)16-9-5-1-2-6-9/h3-4,7-9,12H,1-2,5-6H2,(H,16,17). The maximum atomic E-state index is 12.0. The van der Waals surface area contributed by atoms with Crippen molar-refractivity contribution >= 4 is 33.4 Å². The molecule has 1 aromatic carbocycles. The molecule has 1 aliphatic carbocycles. The van der Waals surface area contributed by atoms with Gasteiger partial charge in [0, 0.05) is 10.5 Å². The summed E-state index contributed by atoms with van der Waals surface area (Å²) in [6.07, 6.45) is 4.55. The highest BCUT2D eigenvalue weighted by atomic mass is 79.9. The fraction of sp³-hybridized carbons (Fsp3) is 0.462. The molecular weight excluding hydrogens is 302 g/mol. The predicted molar refractivity (Wildman–Crippen MR) is 73.1 cm³/mol. The van der Waals surface area contributed by atoms with Gasteiger partial charge in [0.2, 0.25) is 5.91 Å². The van der Waals surface area contributed by atoms with Crippen LogP contribution in [0.1, 0.15) is 36.6 Å². The van der Waals surface area contributed by atoms with E-state index in [9.17, 15) is 4.79 Å². The zero-order valence-electron chi connectivity index (χ0n) is 9.46. The Morgan fingerprint density at radius 3 is 2.65 bits per heavy atom. The Kier molecular flexibility index (Phi) is 4.46. The molecule has 4 heteroatoms. The van der Waals surface area contributed by atoms with Crippen molar-refractivity contribution in [2.45, 2.75) is 37.1 Å². The number of rotatable bonds is 3. The van der Waals surface area contributed by atoms with E-state index in [4.69, 9.17) is 11.6 Å². The summed E-state index contributed by atoms with van der Waals surface area (Å²) in [6.45, 7) is 0. The number of amides is 1. The SMILES string of the molecule is O=C(NC1CCCC1)C(Cl)c1ccccc1Br. The summed E-state index contributed by atoms with van der Waals surface area (Å²) in [5, 5.41) is 2.39. The zero-order valence-corrected chi connectivity index (χ0v) is 11.8. The van der Waals surface area contributed by atoms with Crippen molar-refractivity contribution in [3.8, 4) is 0 Å². The van der Waals surface area contributed by atoms with Crippen LogP contribution in [0, 0.1) is 0 Å². The van der Waals surface area contributed by atoms with E-state index in [0.29, 0.717) is 6.04 Å². The number of nitrogens with one attached hydrogen (secondary N) is 1. The largest absolute Gasteiger partial charge is 0.352 e. The third-order valence-corrected chi connectivity index (χ3v) is 4.27. The second-order valence-corrected chi connectivity index (χ2v) is 5.66. The van der Waals surface area contributed by atoms with Gasteiger partial charge in [-0.3, -0.25) is 4.79 Å². The summed E-state index contributed by atoms with van der Waals surface area (Å²) < 4.78 is 0.876. The molecular formula is C13H15BrClNO. The van der Waals surface area contributed by atoms with Gasteiger partial charge in [-0.2, -0.15) is 0 Å². The Bertz CT molecular complexity index is 404. The van der Waals surface area contributed by atoms with Crippen LogP contribution in [0.15, 0.2) is 28.7 Å². The maximum absolute atomic E-state index is 12.0. The van der Waals surface area contributed by atoms with Crippen LogP contribution in [0.25, 0.3) is 0 Å². The Morgan fingerprint density at radius 2 is 2.00 bits per heavy atom. The van der Waals surface area contributed by atoms with Crippen molar-refractivity contribution in [2.75, 3.05) is 0 Å². The van der Waals surface area contributed by atoms with Crippen LogP contribution in [0.3, 0.4) is 0 Å². The number of carbonyl (C=O) groups is 1. The van der Waals surface area contributed by atoms with E-state index < -0.39 is 5.38 Å². The normalized spacial score (nSPS) is 18.0. The molecule has 0 bridgehead atoms. The lowest BCUT2D eigenvalue weighted by Gasteiger charge is -2.16. The molecule has 1 saturated carbocycles. The van der Waals surface area contributed by atoms with E-state index in [2.05, 4.69) is 21.2 Å². The third kappa shape index (κ3) is 3.23. The van der Waals surface area contributed by atoms with Gasteiger partial charge in [0.25, 0.3) is 0 Å². The molecule has 0 aromatic heterocycles. The predicted octanol–water partition coefficient (Wildman–Crippen LogP) is 3.79. The summed E-state index contributed by atoms with van der Waals surface area (Å²) >= 11 is 9.61. The molecule has 0 spiro atoms. The Hall–Kier alpha value is -0.540. The van der Waals surface area contributed by atoms with Crippen LogP contribution in [0.4, 0.5) is 0 Å². The Labute approximate surface area is 115 Å². The molecule has 1 aliphatic rings. The van der Waals surface area contributed by atoms with E-state index in [-0.39, 0.29) is 5.91 Å². The molecule has 0 saturated heterocycles. The molecule has 1 atom stereocenters. The topological polar surface area (TPSA) is 29.1 Å². The molecule has 1 fully saturated rings. The average Bonchev–Trinajstić information content (AvgIpc) is 2.81. The van der Waals surface area contributed by atoms with E-state index in [1.54, 1.807) is 0 Å². The van der Waals surface area contributed by atoms with Crippen molar-refractivity contribution in [2.24, 2.45) is 0 Å². The second kappa shape index (κ2) is 5.87. The van der Waals surface area contributed by atoms with Crippen molar-refractivity contribution in [3.63, 3.8) is 0 Å². The molecule has 92 valence electrons. The number of carbonyl (C=O) groups excluding carboxylic acids is 1. The van der Waals surface area contributed by atoms with Crippen LogP contribution >= 0.6 is 27.5 Å². The number of halogens is 2. The van der Waals surface area contributed by atoms with E-state index >= 15 is 0 Å². The summed E-state index contributed by atoms with van der Waals surface area (Å²) in [6, 6.07) is 7.87. The minimum atomic E-state index is -0.619. The maximum Gasteiger partial charge on any atom is 0.242 e. The molecule has 1 amide bonds. The van der Waals surface area contributed by atoms with Gasteiger partial charge in [0.05, 0.1) is 0 Å². The number of hydrogen-bond acceptors (Lipinski definition) is 1. The molecule has 0 heterocycles. The van der Waals surface area contributed by atoms with Gasteiger partial charge in [0.1, 0.15) is 5.38 Å². The molecule has 17 heavy (non-hydrogen) atoms. The van der Waals surface area contributed by atoms with Gasteiger partial charge in [0.15, 0.2) is 0 Å². The number of alkyl halides is 1. The van der Waals surface area contributed by atoms with Gasteiger partial charge in [-0.05, 0) is 24.5 Å². The summed E-state index contributed by atoms with van der Waals surface area (Å²) in [5.41, 5.74) is 0.824. The Balaban J connectivity index is 2.01. The molecule has 1 N–H and O–H groups in total. The highest BCUT2D eigenvalue weighted by Crippen LogP contribution is 2.28. The monoisotopic (exact) mass is 315 g/mol. The van der Waals surface area contributed by atoms with Crippen molar-refractivity contribution in [1.29, 1.82) is 0 Å². The number of hydrogen-bond donors (Lipinski definition) is 1. The van der Waals surface area contributed by atoms with Gasteiger partial charge >= 0.3 is 0 Å². The first-order valence-electron chi connectivity index (χ1n) is 5.87. The zero-order chi connectivity index (χ0) is 12.3. The summed E-state index contributed by atoms with van der Waals surface area (Å²) in [4.78, 5) is 12.0. The first-order chi connectivity index (χ1) is 8.18. The third-order valence-electron chi connectivity index (χ3n) is 3.11. The molecule has 0 aliphatic heterocycles. The molecule has 1 aromatic rings. The fourth-order valence-corrected chi connectivity index (χ4v) is 3.07. The average molecular weight is 317 g/mol. The van der Waals surface area contributed by atoms with Crippen molar-refractivity contribution in [1.82, 2.24) is 5.32 Å². The lowest BCUT2D eigenvalue weighted by Crippen LogP contribution is -2.35. The van der Waals surface area contributed by atoms with Gasteiger partial charge in [-0.1, -0.05) is 47.0 Å². The molecule has 2 rings (SSSR count). The first-order valence-corrected chi connectivity index (χ1v) is 7.10. The van der Waals surface area contributed by atoms with E-state index in [1.807, 2.05) is 24.3 Å². The molecule has 2 nitrogen and oxygen atoms in total. The van der Waals surface area contributed by atoms with Crippen LogP contribution in [-0.2, 0) is 4.79 Å². The van der Waals surface area contributed by atoms with Gasteiger partial charge in [-0.25, -0.2) is 0 Å². The minimum absolute atomic E-state index is 0.0922. The van der Waals surface area contributed by atoms with Crippen LogP contribution in [0.5, 0.6) is 0 Å². The van der Waals surface area contributed by atoms with Crippen LogP contribution in [0.2, 0.25) is 0 Å². The highest BCUT2D eigenvalue weighted by Gasteiger charge is 2.24. The number of benzene rings is 1. The van der Waals surface area contributed by atoms with Crippen molar-refractivity contribution in [3.05, 3.63) is 34.3 Å². The van der Waals surface area contributed by atoms with Crippen LogP contribution in [-0.4, -0.2) is 11.9 Å². The summed E-state index contributed by atoms with van der Waals surface area (Å²) in [5.74, 6) is -0.0922. The lowest BCUT2D eigenvalue weighted by molar-refractivity contribution is -0.121. The van der Waals surface area contributed by atoms with Gasteiger partial charge < -0.3 is 5.32 Å².